The minimum absolute atomic E-state index is 0.264. The van der Waals surface area contributed by atoms with Gasteiger partial charge in [-0.3, -0.25) is 0 Å². The summed E-state index contributed by atoms with van der Waals surface area (Å²) in [6.45, 7) is 7.55. The van der Waals surface area contributed by atoms with Crippen molar-refractivity contribution in [3.8, 4) is 0 Å². The lowest BCUT2D eigenvalue weighted by Crippen LogP contribution is -2.47. The van der Waals surface area contributed by atoms with Gasteiger partial charge in [-0.25, -0.2) is 0 Å². The largest absolute Gasteiger partial charge is 0.376 e. The van der Waals surface area contributed by atoms with Crippen molar-refractivity contribution in [1.82, 2.24) is 15.2 Å². The summed E-state index contributed by atoms with van der Waals surface area (Å²) in [6.07, 6.45) is 4.25. The van der Waals surface area contributed by atoms with Crippen LogP contribution in [0, 0.1) is 6.92 Å². The zero-order valence-corrected chi connectivity index (χ0v) is 15.3. The molecule has 7 heteroatoms. The van der Waals surface area contributed by atoms with Crippen molar-refractivity contribution in [3.05, 3.63) is 36.0 Å². The molecule has 2 saturated heterocycles. The number of anilines is 3. The van der Waals surface area contributed by atoms with Crippen LogP contribution in [0.3, 0.4) is 0 Å². The Morgan fingerprint density at radius 3 is 2.81 bits per heavy atom. The number of nitrogens with one attached hydrogen (secondary N) is 1. The normalized spacial score (nSPS) is 20.4. The summed E-state index contributed by atoms with van der Waals surface area (Å²) in [5.74, 6) is 1.47. The minimum atomic E-state index is 0.264. The molecule has 0 aliphatic carbocycles. The van der Waals surface area contributed by atoms with E-state index in [0.29, 0.717) is 5.95 Å². The predicted octanol–water partition coefficient (Wildman–Crippen LogP) is 2.10. The van der Waals surface area contributed by atoms with Crippen LogP contribution < -0.4 is 15.1 Å². The molecule has 26 heavy (non-hydrogen) atoms. The molecular formula is C19H26N6O. The monoisotopic (exact) mass is 354 g/mol. The maximum absolute atomic E-state index is 5.63. The number of aryl methyl sites for hydroxylation is 1. The number of ether oxygens (including phenoxy) is 1. The molecule has 0 saturated carbocycles. The highest BCUT2D eigenvalue weighted by atomic mass is 16.5. The molecule has 1 unspecified atom stereocenters. The summed E-state index contributed by atoms with van der Waals surface area (Å²) in [7, 11) is 0. The third kappa shape index (κ3) is 4.04. The first-order valence-electron chi connectivity index (χ1n) is 9.40. The highest BCUT2D eigenvalue weighted by molar-refractivity contribution is 5.51. The molecule has 3 heterocycles. The second-order valence-corrected chi connectivity index (χ2v) is 6.97. The number of piperazine rings is 1. The molecule has 2 aliphatic rings. The van der Waals surface area contributed by atoms with Crippen molar-refractivity contribution < 1.29 is 4.74 Å². The van der Waals surface area contributed by atoms with Crippen LogP contribution >= 0.6 is 0 Å². The number of aromatic nitrogens is 3. The van der Waals surface area contributed by atoms with Crippen LogP contribution in [0.15, 0.2) is 30.5 Å². The van der Waals surface area contributed by atoms with Crippen molar-refractivity contribution in [3.63, 3.8) is 0 Å². The van der Waals surface area contributed by atoms with Crippen LogP contribution in [-0.4, -0.2) is 60.6 Å². The molecule has 0 amide bonds. The third-order valence-corrected chi connectivity index (χ3v) is 5.03. The summed E-state index contributed by atoms with van der Waals surface area (Å²) in [4.78, 5) is 9.34. The van der Waals surface area contributed by atoms with Gasteiger partial charge < -0.3 is 19.9 Å². The number of hydrogen-bond acceptors (Lipinski definition) is 7. The van der Waals surface area contributed by atoms with Crippen LogP contribution in [0.1, 0.15) is 18.4 Å². The molecule has 138 valence electrons. The van der Waals surface area contributed by atoms with Gasteiger partial charge >= 0.3 is 0 Å². The van der Waals surface area contributed by atoms with E-state index in [4.69, 9.17) is 4.74 Å². The summed E-state index contributed by atoms with van der Waals surface area (Å²) in [6, 6.07) is 8.69. The quantitative estimate of drug-likeness (QED) is 0.882. The predicted molar refractivity (Wildman–Crippen MR) is 103 cm³/mol. The topological polar surface area (TPSA) is 66.4 Å². The first kappa shape index (κ1) is 17.0. The lowest BCUT2D eigenvalue weighted by molar-refractivity contribution is 0.120. The van der Waals surface area contributed by atoms with E-state index in [1.165, 1.54) is 11.3 Å². The highest BCUT2D eigenvalue weighted by Crippen LogP contribution is 2.20. The van der Waals surface area contributed by atoms with E-state index in [9.17, 15) is 0 Å². The van der Waals surface area contributed by atoms with E-state index in [-0.39, 0.29) is 6.10 Å². The summed E-state index contributed by atoms with van der Waals surface area (Å²) in [5, 5.41) is 11.5. The van der Waals surface area contributed by atoms with Gasteiger partial charge in [0, 0.05) is 45.0 Å². The molecule has 1 aromatic heterocycles. The number of benzene rings is 1. The van der Waals surface area contributed by atoms with E-state index in [1.54, 1.807) is 6.20 Å². The molecule has 0 bridgehead atoms. The van der Waals surface area contributed by atoms with Crippen molar-refractivity contribution >= 4 is 17.5 Å². The number of nitrogens with zero attached hydrogens (tertiary/aromatic N) is 5. The SMILES string of the molecule is Cc1cccc(N2CCN(c3cnnc(NCC4CCCO4)n3)CC2)c1. The summed E-state index contributed by atoms with van der Waals surface area (Å²) < 4.78 is 5.63. The summed E-state index contributed by atoms with van der Waals surface area (Å²) in [5.41, 5.74) is 2.59. The molecule has 7 nitrogen and oxygen atoms in total. The first-order valence-corrected chi connectivity index (χ1v) is 9.40. The number of rotatable bonds is 5. The Bertz CT molecular complexity index is 725. The second-order valence-electron chi connectivity index (χ2n) is 6.97. The van der Waals surface area contributed by atoms with Crippen LogP contribution in [0.25, 0.3) is 0 Å². The van der Waals surface area contributed by atoms with E-state index in [1.807, 2.05) is 0 Å². The average molecular weight is 354 g/mol. The molecule has 1 N–H and O–H groups in total. The van der Waals surface area contributed by atoms with Crippen LogP contribution in [-0.2, 0) is 4.74 Å². The van der Waals surface area contributed by atoms with Gasteiger partial charge in [-0.1, -0.05) is 12.1 Å². The van der Waals surface area contributed by atoms with Crippen molar-refractivity contribution in [1.29, 1.82) is 0 Å². The lowest BCUT2D eigenvalue weighted by atomic mass is 10.2. The molecule has 4 rings (SSSR count). The van der Waals surface area contributed by atoms with Gasteiger partial charge in [0.1, 0.15) is 0 Å². The first-order chi connectivity index (χ1) is 12.8. The third-order valence-electron chi connectivity index (χ3n) is 5.03. The smallest absolute Gasteiger partial charge is 0.244 e. The molecule has 2 aromatic rings. The Kier molecular flexibility index (Phi) is 5.15. The maximum Gasteiger partial charge on any atom is 0.244 e. The minimum Gasteiger partial charge on any atom is -0.376 e. The molecule has 0 radical (unpaired) electrons. The molecule has 0 spiro atoms. The lowest BCUT2D eigenvalue weighted by Gasteiger charge is -2.36. The van der Waals surface area contributed by atoms with Gasteiger partial charge in [0.05, 0.1) is 12.3 Å². The Hall–Kier alpha value is -2.41. The number of hydrogen-bond donors (Lipinski definition) is 1. The van der Waals surface area contributed by atoms with Crippen molar-refractivity contribution in [2.24, 2.45) is 0 Å². The van der Waals surface area contributed by atoms with Gasteiger partial charge in [0.25, 0.3) is 0 Å². The maximum atomic E-state index is 5.63. The Labute approximate surface area is 154 Å². The molecule has 2 aliphatic heterocycles. The molecule has 2 fully saturated rings. The second kappa shape index (κ2) is 7.86. The average Bonchev–Trinajstić information content (AvgIpc) is 3.20. The van der Waals surface area contributed by atoms with E-state index >= 15 is 0 Å². The van der Waals surface area contributed by atoms with Gasteiger partial charge in [0.2, 0.25) is 5.95 Å². The fraction of sp³-hybridized carbons (Fsp3) is 0.526. The van der Waals surface area contributed by atoms with E-state index < -0.39 is 0 Å². The van der Waals surface area contributed by atoms with E-state index in [0.717, 1.165) is 58.0 Å². The van der Waals surface area contributed by atoms with Crippen molar-refractivity contribution in [2.75, 3.05) is 54.4 Å². The van der Waals surface area contributed by atoms with Gasteiger partial charge in [-0.15, -0.1) is 5.10 Å². The molecular weight excluding hydrogens is 328 g/mol. The fourth-order valence-corrected chi connectivity index (χ4v) is 3.55. The van der Waals surface area contributed by atoms with E-state index in [2.05, 4.69) is 61.5 Å². The molecule has 1 aromatic carbocycles. The van der Waals surface area contributed by atoms with Gasteiger partial charge in [-0.2, -0.15) is 10.1 Å². The van der Waals surface area contributed by atoms with Crippen LogP contribution in [0.5, 0.6) is 0 Å². The standard InChI is InChI=1S/C19H26N6O/c1-15-4-2-5-16(12-15)24-7-9-25(10-8-24)18-14-21-23-19(22-18)20-13-17-6-3-11-26-17/h2,4-5,12,14,17H,3,6-11,13H2,1H3,(H,20,22,23). The van der Waals surface area contributed by atoms with Crippen molar-refractivity contribution in [2.45, 2.75) is 25.9 Å². The Balaban J connectivity index is 1.34. The van der Waals surface area contributed by atoms with Gasteiger partial charge in [-0.05, 0) is 37.5 Å². The molecule has 1 atom stereocenters. The zero-order valence-electron chi connectivity index (χ0n) is 15.3. The Morgan fingerprint density at radius 1 is 1.19 bits per heavy atom. The van der Waals surface area contributed by atoms with Gasteiger partial charge in [0.15, 0.2) is 5.82 Å². The van der Waals surface area contributed by atoms with Crippen LogP contribution in [0.4, 0.5) is 17.5 Å². The highest BCUT2D eigenvalue weighted by Gasteiger charge is 2.20. The fourth-order valence-electron chi connectivity index (χ4n) is 3.55. The Morgan fingerprint density at radius 2 is 2.04 bits per heavy atom. The summed E-state index contributed by atoms with van der Waals surface area (Å²) >= 11 is 0. The zero-order chi connectivity index (χ0) is 17.8. The van der Waals surface area contributed by atoms with Crippen LogP contribution in [0.2, 0.25) is 0 Å².